The van der Waals surface area contributed by atoms with E-state index in [1.54, 1.807) is 11.8 Å². The number of aliphatic carboxylic acids is 1. The van der Waals surface area contributed by atoms with Crippen molar-refractivity contribution in [3.8, 4) is 0 Å². The molecular weight excluding hydrogens is 230 g/mol. The minimum Gasteiger partial charge on any atom is -0.480 e. The van der Waals surface area contributed by atoms with Crippen molar-refractivity contribution in [1.82, 2.24) is 5.32 Å². The molecule has 6 heteroatoms. The van der Waals surface area contributed by atoms with Crippen LogP contribution in [-0.2, 0) is 9.53 Å². The van der Waals surface area contributed by atoms with Crippen LogP contribution in [0.25, 0.3) is 0 Å². The summed E-state index contributed by atoms with van der Waals surface area (Å²) in [7, 11) is 0. The molecule has 0 aromatic carbocycles. The van der Waals surface area contributed by atoms with Crippen LogP contribution in [0.4, 0.5) is 4.79 Å². The molecular formula is C10H15NO4S. The summed E-state index contributed by atoms with van der Waals surface area (Å²) in [5.74, 6) is 0.463. The van der Waals surface area contributed by atoms with E-state index < -0.39 is 17.6 Å². The fourth-order valence-electron chi connectivity index (χ4n) is 1.48. The Kier molecular flexibility index (Phi) is 4.67. The molecule has 0 saturated carbocycles. The third-order valence-electron chi connectivity index (χ3n) is 2.43. The SMILES string of the molecule is C=CCOC(=O)NC1(C(=O)O)CCSCC1. The highest BCUT2D eigenvalue weighted by Gasteiger charge is 2.41. The van der Waals surface area contributed by atoms with Gasteiger partial charge in [0.1, 0.15) is 12.1 Å². The predicted octanol–water partition coefficient (Wildman–Crippen LogP) is 1.25. The molecule has 0 aliphatic carbocycles. The maximum atomic E-state index is 11.3. The molecule has 0 spiro atoms. The van der Waals surface area contributed by atoms with Gasteiger partial charge < -0.3 is 15.2 Å². The van der Waals surface area contributed by atoms with Gasteiger partial charge in [0.2, 0.25) is 0 Å². The van der Waals surface area contributed by atoms with Crippen molar-refractivity contribution >= 4 is 23.8 Å². The van der Waals surface area contributed by atoms with E-state index >= 15 is 0 Å². The van der Waals surface area contributed by atoms with Crippen LogP contribution in [-0.4, -0.2) is 40.8 Å². The topological polar surface area (TPSA) is 75.6 Å². The Bertz CT molecular complexity index is 287. The number of carboxylic acid groups (broad SMARTS) is 1. The monoisotopic (exact) mass is 245 g/mol. The Morgan fingerprint density at radius 1 is 1.50 bits per heavy atom. The van der Waals surface area contributed by atoms with Crippen molar-refractivity contribution in [1.29, 1.82) is 0 Å². The minimum absolute atomic E-state index is 0.0796. The van der Waals surface area contributed by atoms with E-state index in [9.17, 15) is 9.59 Å². The Balaban J connectivity index is 2.60. The molecule has 1 aliphatic rings. The van der Waals surface area contributed by atoms with Crippen molar-refractivity contribution in [3.05, 3.63) is 12.7 Å². The van der Waals surface area contributed by atoms with Gasteiger partial charge in [-0.1, -0.05) is 12.7 Å². The van der Waals surface area contributed by atoms with Gasteiger partial charge in [0.15, 0.2) is 0 Å². The largest absolute Gasteiger partial charge is 0.480 e. The number of thioether (sulfide) groups is 1. The maximum absolute atomic E-state index is 11.3. The molecule has 1 aliphatic heterocycles. The molecule has 0 unspecified atom stereocenters. The first-order chi connectivity index (χ1) is 7.60. The van der Waals surface area contributed by atoms with Crippen LogP contribution >= 0.6 is 11.8 Å². The second-order valence-electron chi connectivity index (χ2n) is 3.51. The van der Waals surface area contributed by atoms with E-state index in [1.165, 1.54) is 6.08 Å². The van der Waals surface area contributed by atoms with Gasteiger partial charge in [-0.3, -0.25) is 0 Å². The Morgan fingerprint density at radius 2 is 2.12 bits per heavy atom. The highest BCUT2D eigenvalue weighted by atomic mass is 32.2. The number of carbonyl (C=O) groups is 2. The number of carbonyl (C=O) groups excluding carboxylic acids is 1. The van der Waals surface area contributed by atoms with E-state index in [2.05, 4.69) is 11.9 Å². The first-order valence-electron chi connectivity index (χ1n) is 4.98. The minimum atomic E-state index is -1.16. The average Bonchev–Trinajstić information content (AvgIpc) is 2.27. The van der Waals surface area contributed by atoms with Crippen molar-refractivity contribution in [2.24, 2.45) is 0 Å². The smallest absolute Gasteiger partial charge is 0.408 e. The number of hydrogen-bond acceptors (Lipinski definition) is 4. The second-order valence-corrected chi connectivity index (χ2v) is 4.74. The normalized spacial score (nSPS) is 18.5. The Hall–Kier alpha value is -1.17. The molecule has 0 aromatic rings. The van der Waals surface area contributed by atoms with Crippen molar-refractivity contribution in [2.75, 3.05) is 18.1 Å². The summed E-state index contributed by atoms with van der Waals surface area (Å²) < 4.78 is 4.73. The van der Waals surface area contributed by atoms with Gasteiger partial charge in [0.05, 0.1) is 0 Å². The molecule has 1 amide bonds. The summed E-state index contributed by atoms with van der Waals surface area (Å²) in [6.07, 6.45) is 1.59. The number of nitrogens with one attached hydrogen (secondary N) is 1. The quantitative estimate of drug-likeness (QED) is 0.729. The zero-order chi connectivity index (χ0) is 12.0. The molecule has 0 bridgehead atoms. The van der Waals surface area contributed by atoms with E-state index in [0.29, 0.717) is 12.8 Å². The van der Waals surface area contributed by atoms with Crippen molar-refractivity contribution in [2.45, 2.75) is 18.4 Å². The van der Waals surface area contributed by atoms with Crippen LogP contribution in [0.5, 0.6) is 0 Å². The number of rotatable bonds is 4. The molecule has 0 atom stereocenters. The average molecular weight is 245 g/mol. The van der Waals surface area contributed by atoms with Gasteiger partial charge in [-0.15, -0.1) is 0 Å². The first-order valence-corrected chi connectivity index (χ1v) is 6.13. The third kappa shape index (κ3) is 3.16. The summed E-state index contributed by atoms with van der Waals surface area (Å²) in [5, 5.41) is 11.6. The molecule has 0 aromatic heterocycles. The summed E-state index contributed by atoms with van der Waals surface area (Å²) >= 11 is 1.69. The van der Waals surface area contributed by atoms with Crippen molar-refractivity contribution in [3.63, 3.8) is 0 Å². The van der Waals surface area contributed by atoms with Crippen molar-refractivity contribution < 1.29 is 19.4 Å². The van der Waals surface area contributed by atoms with Crippen LogP contribution in [0, 0.1) is 0 Å². The van der Waals surface area contributed by atoms with E-state index in [0.717, 1.165) is 11.5 Å². The zero-order valence-corrected chi connectivity index (χ0v) is 9.72. The van der Waals surface area contributed by atoms with Gasteiger partial charge in [-0.05, 0) is 24.3 Å². The van der Waals surface area contributed by atoms with Crippen LogP contribution in [0.1, 0.15) is 12.8 Å². The molecule has 1 rings (SSSR count). The molecule has 1 fully saturated rings. The summed E-state index contributed by atoms with van der Waals surface area (Å²) in [4.78, 5) is 22.5. The van der Waals surface area contributed by atoms with E-state index in [4.69, 9.17) is 9.84 Å². The van der Waals surface area contributed by atoms with Crippen LogP contribution in [0.2, 0.25) is 0 Å². The number of hydrogen-bond donors (Lipinski definition) is 2. The molecule has 2 N–H and O–H groups in total. The lowest BCUT2D eigenvalue weighted by Crippen LogP contribution is -2.56. The number of alkyl carbamates (subject to hydrolysis) is 1. The number of amides is 1. The highest BCUT2D eigenvalue weighted by molar-refractivity contribution is 7.99. The van der Waals surface area contributed by atoms with Gasteiger partial charge in [0, 0.05) is 0 Å². The van der Waals surface area contributed by atoms with E-state index in [-0.39, 0.29) is 6.61 Å². The standard InChI is InChI=1S/C10H15NO4S/c1-2-5-15-9(14)11-10(8(12)13)3-6-16-7-4-10/h2H,1,3-7H2,(H,11,14)(H,12,13). The zero-order valence-electron chi connectivity index (χ0n) is 8.90. The lowest BCUT2D eigenvalue weighted by molar-refractivity contribution is -0.145. The summed E-state index contributed by atoms with van der Waals surface area (Å²) in [6, 6.07) is 0. The second kappa shape index (κ2) is 5.79. The molecule has 90 valence electrons. The lowest BCUT2D eigenvalue weighted by atomic mass is 9.93. The molecule has 0 radical (unpaired) electrons. The predicted molar refractivity (Wildman–Crippen MR) is 61.6 cm³/mol. The fourth-order valence-corrected chi connectivity index (χ4v) is 2.67. The van der Waals surface area contributed by atoms with Gasteiger partial charge in [-0.2, -0.15) is 11.8 Å². The lowest BCUT2D eigenvalue weighted by Gasteiger charge is -2.33. The van der Waals surface area contributed by atoms with Crippen LogP contribution < -0.4 is 5.32 Å². The highest BCUT2D eigenvalue weighted by Crippen LogP contribution is 2.27. The molecule has 5 nitrogen and oxygen atoms in total. The third-order valence-corrected chi connectivity index (χ3v) is 3.41. The Morgan fingerprint density at radius 3 is 2.62 bits per heavy atom. The fraction of sp³-hybridized carbons (Fsp3) is 0.600. The van der Waals surface area contributed by atoms with Gasteiger partial charge >= 0.3 is 12.1 Å². The Labute approximate surface area is 98.2 Å². The molecule has 1 saturated heterocycles. The van der Waals surface area contributed by atoms with Crippen LogP contribution in [0.15, 0.2) is 12.7 Å². The summed E-state index contributed by atoms with van der Waals surface area (Å²) in [6.45, 7) is 3.49. The summed E-state index contributed by atoms with van der Waals surface area (Å²) in [5.41, 5.74) is -1.16. The number of ether oxygens (including phenoxy) is 1. The molecule has 1 heterocycles. The van der Waals surface area contributed by atoms with Gasteiger partial charge in [-0.25, -0.2) is 9.59 Å². The van der Waals surface area contributed by atoms with E-state index in [1.807, 2.05) is 0 Å². The first kappa shape index (κ1) is 12.9. The molecule has 16 heavy (non-hydrogen) atoms. The number of carboxylic acids is 1. The van der Waals surface area contributed by atoms with Crippen LogP contribution in [0.3, 0.4) is 0 Å². The maximum Gasteiger partial charge on any atom is 0.408 e. The van der Waals surface area contributed by atoms with Gasteiger partial charge in [0.25, 0.3) is 0 Å².